The number of benzene rings is 1. The number of carbonyl (C=O) groups is 1. The van der Waals surface area contributed by atoms with Crippen molar-refractivity contribution in [1.29, 1.82) is 0 Å². The highest BCUT2D eigenvalue weighted by Gasteiger charge is 2.29. The zero-order valence-electron chi connectivity index (χ0n) is 14.8. The molecule has 2 aliphatic heterocycles. The molecule has 132 valence electrons. The predicted octanol–water partition coefficient (Wildman–Crippen LogP) is 2.44. The summed E-state index contributed by atoms with van der Waals surface area (Å²) in [6.45, 7) is 3.12. The van der Waals surface area contributed by atoms with Gasteiger partial charge >= 0.3 is 0 Å². The maximum atomic E-state index is 12.5. The van der Waals surface area contributed by atoms with Crippen LogP contribution in [0.3, 0.4) is 0 Å². The molecule has 25 heavy (non-hydrogen) atoms. The number of carbonyl (C=O) groups excluding carboxylic acids is 1. The highest BCUT2D eigenvalue weighted by molar-refractivity contribution is 5.78. The molecule has 1 amide bonds. The van der Waals surface area contributed by atoms with Gasteiger partial charge in [-0.05, 0) is 18.4 Å². The molecule has 0 aliphatic carbocycles. The molecule has 3 heterocycles. The molecule has 0 N–H and O–H groups in total. The Kier molecular flexibility index (Phi) is 4.57. The summed E-state index contributed by atoms with van der Waals surface area (Å²) >= 11 is 0. The van der Waals surface area contributed by atoms with E-state index in [1.807, 2.05) is 47.0 Å². The number of rotatable bonds is 3. The number of nitrogens with zero attached hydrogens (tertiary/aromatic N) is 3. The van der Waals surface area contributed by atoms with Gasteiger partial charge in [-0.25, -0.2) is 0 Å². The Morgan fingerprint density at radius 3 is 2.76 bits per heavy atom. The number of hydrogen-bond acceptors (Lipinski definition) is 3. The van der Waals surface area contributed by atoms with Gasteiger partial charge in [-0.3, -0.25) is 9.48 Å². The molecule has 4 rings (SSSR count). The summed E-state index contributed by atoms with van der Waals surface area (Å²) in [5, 5.41) is 4.79. The van der Waals surface area contributed by atoms with Gasteiger partial charge < -0.3 is 9.64 Å². The minimum absolute atomic E-state index is 0.232. The molecule has 1 saturated heterocycles. The second-order valence-corrected chi connectivity index (χ2v) is 7.05. The second-order valence-electron chi connectivity index (χ2n) is 7.05. The molecule has 0 saturated carbocycles. The molecule has 5 nitrogen and oxygen atoms in total. The topological polar surface area (TPSA) is 47.4 Å². The summed E-state index contributed by atoms with van der Waals surface area (Å²) in [6, 6.07) is 9.99. The van der Waals surface area contributed by atoms with Gasteiger partial charge in [0.05, 0.1) is 25.3 Å². The van der Waals surface area contributed by atoms with Crippen molar-refractivity contribution in [3.8, 4) is 0 Å². The monoisotopic (exact) mass is 339 g/mol. The first-order valence-electron chi connectivity index (χ1n) is 9.16. The van der Waals surface area contributed by atoms with Crippen LogP contribution in [0.25, 0.3) is 0 Å². The quantitative estimate of drug-likeness (QED) is 0.863. The van der Waals surface area contributed by atoms with E-state index in [4.69, 9.17) is 9.84 Å². The number of amides is 1. The zero-order chi connectivity index (χ0) is 17.2. The molecule has 2 aromatic rings. The highest BCUT2D eigenvalue weighted by atomic mass is 16.5. The van der Waals surface area contributed by atoms with Crippen molar-refractivity contribution in [2.75, 3.05) is 19.7 Å². The van der Waals surface area contributed by atoms with Crippen LogP contribution in [0.2, 0.25) is 0 Å². The number of likely N-dealkylation sites (tertiary alicyclic amines) is 1. The van der Waals surface area contributed by atoms with E-state index in [1.165, 1.54) is 17.0 Å². The highest BCUT2D eigenvalue weighted by Crippen LogP contribution is 2.33. The molecule has 1 aromatic heterocycles. The SMILES string of the molecule is Cn1nc(C2CCN(C(=O)Cc3ccccc3)CC2)c2c1CCOC2. The Morgan fingerprint density at radius 2 is 2.00 bits per heavy atom. The summed E-state index contributed by atoms with van der Waals surface area (Å²) in [5.41, 5.74) is 4.91. The standard InChI is InChI=1S/C20H25N3O2/c1-22-18-9-12-25-14-17(18)20(21-22)16-7-10-23(11-8-16)19(24)13-15-5-3-2-4-6-15/h2-6,16H,7-14H2,1H3. The van der Waals surface area contributed by atoms with Crippen molar-refractivity contribution < 1.29 is 9.53 Å². The average Bonchev–Trinajstić information content (AvgIpc) is 3.00. The lowest BCUT2D eigenvalue weighted by molar-refractivity contribution is -0.131. The number of hydrogen-bond donors (Lipinski definition) is 0. The normalized spacial score (nSPS) is 18.2. The minimum Gasteiger partial charge on any atom is -0.376 e. The van der Waals surface area contributed by atoms with E-state index in [-0.39, 0.29) is 5.91 Å². The lowest BCUT2D eigenvalue weighted by Crippen LogP contribution is -2.39. The van der Waals surface area contributed by atoms with Crippen LogP contribution >= 0.6 is 0 Å². The van der Waals surface area contributed by atoms with Crippen LogP contribution < -0.4 is 0 Å². The Labute approximate surface area is 148 Å². The molecule has 0 spiro atoms. The van der Waals surface area contributed by atoms with Crippen LogP contribution in [0.15, 0.2) is 30.3 Å². The molecule has 2 aliphatic rings. The lowest BCUT2D eigenvalue weighted by Gasteiger charge is -2.32. The molecule has 1 aromatic carbocycles. The fourth-order valence-electron chi connectivity index (χ4n) is 4.05. The van der Waals surface area contributed by atoms with Crippen LogP contribution in [-0.4, -0.2) is 40.3 Å². The fraction of sp³-hybridized carbons (Fsp3) is 0.500. The van der Waals surface area contributed by atoms with E-state index < -0.39 is 0 Å². The van der Waals surface area contributed by atoms with Gasteiger partial charge in [0.2, 0.25) is 5.91 Å². The van der Waals surface area contributed by atoms with E-state index in [1.54, 1.807) is 0 Å². The maximum Gasteiger partial charge on any atom is 0.226 e. The Bertz CT molecular complexity index is 746. The van der Waals surface area contributed by atoms with Gasteiger partial charge in [-0.2, -0.15) is 5.10 Å². The van der Waals surface area contributed by atoms with Gasteiger partial charge in [0, 0.05) is 43.7 Å². The van der Waals surface area contributed by atoms with Gasteiger partial charge in [-0.15, -0.1) is 0 Å². The van der Waals surface area contributed by atoms with Crippen LogP contribution in [0.5, 0.6) is 0 Å². The van der Waals surface area contributed by atoms with E-state index in [0.717, 1.165) is 44.5 Å². The molecule has 0 bridgehead atoms. The summed E-state index contributed by atoms with van der Waals surface area (Å²) < 4.78 is 7.68. The molecule has 1 fully saturated rings. The number of fused-ring (bicyclic) bond motifs is 1. The van der Waals surface area contributed by atoms with Gasteiger partial charge in [0.15, 0.2) is 0 Å². The molecule has 0 radical (unpaired) electrons. The fourth-order valence-corrected chi connectivity index (χ4v) is 4.05. The number of ether oxygens (including phenoxy) is 1. The van der Waals surface area contributed by atoms with Gasteiger partial charge in [0.25, 0.3) is 0 Å². The lowest BCUT2D eigenvalue weighted by atomic mass is 9.90. The maximum absolute atomic E-state index is 12.5. The first-order valence-corrected chi connectivity index (χ1v) is 9.16. The second kappa shape index (κ2) is 7.00. The van der Waals surface area contributed by atoms with E-state index in [9.17, 15) is 4.79 Å². The molecular formula is C20H25N3O2. The van der Waals surface area contributed by atoms with Crippen LogP contribution in [0, 0.1) is 0 Å². The smallest absolute Gasteiger partial charge is 0.226 e. The Morgan fingerprint density at radius 1 is 1.24 bits per heavy atom. The first kappa shape index (κ1) is 16.3. The molecule has 0 atom stereocenters. The van der Waals surface area contributed by atoms with Crippen LogP contribution in [-0.2, 0) is 36.0 Å². The van der Waals surface area contributed by atoms with E-state index >= 15 is 0 Å². The Hall–Kier alpha value is -2.14. The first-order chi connectivity index (χ1) is 12.2. The third-order valence-electron chi connectivity index (χ3n) is 5.47. The van der Waals surface area contributed by atoms with Crippen molar-refractivity contribution in [2.45, 2.75) is 38.2 Å². The summed E-state index contributed by atoms with van der Waals surface area (Å²) in [4.78, 5) is 14.5. The van der Waals surface area contributed by atoms with Crippen LogP contribution in [0.4, 0.5) is 0 Å². The van der Waals surface area contributed by atoms with Crippen LogP contribution in [0.1, 0.15) is 41.3 Å². The molecule has 5 heteroatoms. The van der Waals surface area contributed by atoms with E-state index in [2.05, 4.69) is 0 Å². The number of piperidine rings is 1. The zero-order valence-corrected chi connectivity index (χ0v) is 14.8. The van der Waals surface area contributed by atoms with Gasteiger partial charge in [-0.1, -0.05) is 30.3 Å². The van der Waals surface area contributed by atoms with E-state index in [0.29, 0.717) is 18.9 Å². The van der Waals surface area contributed by atoms with Crippen molar-refractivity contribution in [1.82, 2.24) is 14.7 Å². The predicted molar refractivity (Wildman–Crippen MR) is 95.3 cm³/mol. The largest absolute Gasteiger partial charge is 0.376 e. The summed E-state index contributed by atoms with van der Waals surface area (Å²) in [7, 11) is 2.03. The van der Waals surface area contributed by atoms with Crippen molar-refractivity contribution in [2.24, 2.45) is 7.05 Å². The summed E-state index contributed by atoms with van der Waals surface area (Å²) in [6.07, 6.45) is 3.43. The third-order valence-corrected chi connectivity index (χ3v) is 5.47. The molecular weight excluding hydrogens is 314 g/mol. The van der Waals surface area contributed by atoms with Gasteiger partial charge in [0.1, 0.15) is 0 Å². The van der Waals surface area contributed by atoms with Crippen molar-refractivity contribution in [3.05, 3.63) is 52.8 Å². The van der Waals surface area contributed by atoms with Crippen molar-refractivity contribution in [3.63, 3.8) is 0 Å². The number of aromatic nitrogens is 2. The summed E-state index contributed by atoms with van der Waals surface area (Å²) in [5.74, 6) is 0.674. The molecule has 0 unspecified atom stereocenters. The minimum atomic E-state index is 0.232. The number of aryl methyl sites for hydroxylation is 1. The Balaban J connectivity index is 1.39. The van der Waals surface area contributed by atoms with Crippen molar-refractivity contribution >= 4 is 5.91 Å². The third kappa shape index (κ3) is 3.33. The average molecular weight is 339 g/mol.